The first-order chi connectivity index (χ1) is 12.7. The lowest BCUT2D eigenvalue weighted by molar-refractivity contribution is 0.183. The first-order valence-corrected chi connectivity index (χ1v) is 10.5. The molecule has 0 bridgehead atoms. The summed E-state index contributed by atoms with van der Waals surface area (Å²) in [5.41, 5.74) is 1.24. The first-order valence-electron chi connectivity index (χ1n) is 8.59. The smallest absolute Gasteiger partial charge is 0.432 e. The van der Waals surface area contributed by atoms with Crippen molar-refractivity contribution in [2.24, 2.45) is 4.74 Å². The SMILES string of the molecule is COC(=O)N=P(CCc1ccccc1)(c1ccccc1)c1ccccc1. The number of methoxy groups -OCH3 is 1. The van der Waals surface area contributed by atoms with Crippen LogP contribution in [-0.2, 0) is 11.2 Å². The topological polar surface area (TPSA) is 38.7 Å². The van der Waals surface area contributed by atoms with E-state index < -0.39 is 13.1 Å². The number of hydrogen-bond acceptors (Lipinski definition) is 2. The van der Waals surface area contributed by atoms with Gasteiger partial charge in [0, 0.05) is 7.05 Å². The van der Waals surface area contributed by atoms with Crippen LogP contribution in [0.4, 0.5) is 4.79 Å². The summed E-state index contributed by atoms with van der Waals surface area (Å²) in [6.07, 6.45) is 1.11. The monoisotopic (exact) mass is 363 g/mol. The van der Waals surface area contributed by atoms with Gasteiger partial charge in [-0.3, -0.25) is 0 Å². The Morgan fingerprint density at radius 2 is 1.27 bits per heavy atom. The van der Waals surface area contributed by atoms with Crippen LogP contribution in [0.1, 0.15) is 5.56 Å². The molecule has 0 aliphatic rings. The molecule has 1 amide bonds. The maximum absolute atomic E-state index is 12.2. The summed E-state index contributed by atoms with van der Waals surface area (Å²) in [7, 11) is -0.906. The molecule has 0 unspecified atom stereocenters. The van der Waals surface area contributed by atoms with E-state index in [-0.39, 0.29) is 0 Å². The van der Waals surface area contributed by atoms with Crippen molar-refractivity contribution in [2.45, 2.75) is 6.42 Å². The second-order valence-corrected chi connectivity index (χ2v) is 9.19. The Bertz CT molecular complexity index is 850. The van der Waals surface area contributed by atoms with Crippen molar-refractivity contribution in [2.75, 3.05) is 13.3 Å². The molecule has 0 aromatic heterocycles. The predicted molar refractivity (Wildman–Crippen MR) is 109 cm³/mol. The molecule has 0 heterocycles. The van der Waals surface area contributed by atoms with Crippen molar-refractivity contribution >= 4 is 23.8 Å². The van der Waals surface area contributed by atoms with E-state index in [0.29, 0.717) is 0 Å². The van der Waals surface area contributed by atoms with E-state index in [1.807, 2.05) is 54.6 Å². The summed E-state index contributed by atoms with van der Waals surface area (Å²) in [5.74, 6) is 0. The minimum absolute atomic E-state index is 0.515. The molecule has 0 saturated carbocycles. The zero-order valence-corrected chi connectivity index (χ0v) is 15.7. The maximum atomic E-state index is 12.2. The van der Waals surface area contributed by atoms with E-state index in [2.05, 4.69) is 41.1 Å². The Balaban J connectivity index is 2.15. The lowest BCUT2D eigenvalue weighted by atomic mass is 10.2. The quantitative estimate of drug-likeness (QED) is 0.608. The highest BCUT2D eigenvalue weighted by molar-refractivity contribution is 7.81. The highest BCUT2D eigenvalue weighted by Crippen LogP contribution is 2.48. The summed E-state index contributed by atoms with van der Waals surface area (Å²) in [6.45, 7) is 0. The summed E-state index contributed by atoms with van der Waals surface area (Å²) in [5, 5.41) is 2.18. The number of nitrogens with zero attached hydrogens (tertiary/aromatic N) is 1. The molecule has 26 heavy (non-hydrogen) atoms. The zero-order chi connectivity index (χ0) is 18.2. The van der Waals surface area contributed by atoms with Crippen molar-refractivity contribution in [3.05, 3.63) is 96.6 Å². The Kier molecular flexibility index (Phi) is 6.04. The van der Waals surface area contributed by atoms with Gasteiger partial charge in [-0.15, -0.1) is 0 Å². The van der Waals surface area contributed by atoms with Gasteiger partial charge < -0.3 is 4.74 Å². The molecule has 0 spiro atoms. The van der Waals surface area contributed by atoms with E-state index in [1.54, 1.807) is 0 Å². The molecule has 0 aliphatic carbocycles. The summed E-state index contributed by atoms with van der Waals surface area (Å²) in [6, 6.07) is 30.6. The second-order valence-electron chi connectivity index (χ2n) is 5.97. The van der Waals surface area contributed by atoms with Gasteiger partial charge in [0.05, 0.1) is 7.11 Å². The number of benzene rings is 3. The third-order valence-corrected chi connectivity index (χ3v) is 8.04. The van der Waals surface area contributed by atoms with Crippen LogP contribution in [0.2, 0.25) is 0 Å². The average molecular weight is 363 g/mol. The molecule has 0 atom stereocenters. The number of carbonyl (C=O) groups is 1. The van der Waals surface area contributed by atoms with Crippen molar-refractivity contribution in [1.82, 2.24) is 0 Å². The predicted octanol–water partition coefficient (Wildman–Crippen LogP) is 4.85. The maximum Gasteiger partial charge on any atom is 0.432 e. The van der Waals surface area contributed by atoms with Crippen LogP contribution < -0.4 is 10.6 Å². The second kappa shape index (κ2) is 8.64. The molecule has 0 N–H and O–H groups in total. The normalized spacial score (nSPS) is 11.0. The van der Waals surface area contributed by atoms with Gasteiger partial charge in [-0.25, -0.2) is 4.79 Å². The summed E-state index contributed by atoms with van der Waals surface area (Å²) < 4.78 is 9.55. The average Bonchev–Trinajstić information content (AvgIpc) is 2.73. The minimum atomic E-state index is -2.29. The molecular weight excluding hydrogens is 341 g/mol. The van der Waals surface area contributed by atoms with Crippen LogP contribution >= 0.6 is 7.05 Å². The van der Waals surface area contributed by atoms with Crippen molar-refractivity contribution in [1.29, 1.82) is 0 Å². The Morgan fingerprint density at radius 3 is 1.73 bits per heavy atom. The van der Waals surface area contributed by atoms with Crippen LogP contribution in [0.15, 0.2) is 95.7 Å². The van der Waals surface area contributed by atoms with E-state index in [1.165, 1.54) is 12.7 Å². The van der Waals surface area contributed by atoms with Gasteiger partial charge in [-0.05, 0) is 28.8 Å². The van der Waals surface area contributed by atoms with Gasteiger partial charge >= 0.3 is 6.09 Å². The van der Waals surface area contributed by atoms with Gasteiger partial charge in [0.25, 0.3) is 0 Å². The fourth-order valence-corrected chi connectivity index (χ4v) is 6.46. The Hall–Kier alpha value is -2.64. The van der Waals surface area contributed by atoms with E-state index in [9.17, 15) is 4.79 Å². The van der Waals surface area contributed by atoms with E-state index >= 15 is 0 Å². The highest BCUT2D eigenvalue weighted by atomic mass is 31.2. The lowest BCUT2D eigenvalue weighted by Crippen LogP contribution is -2.21. The molecular formula is C22H22NO2P. The highest BCUT2D eigenvalue weighted by Gasteiger charge is 2.26. The van der Waals surface area contributed by atoms with Gasteiger partial charge in [0.15, 0.2) is 0 Å². The Labute approximate surface area is 154 Å². The molecule has 3 rings (SSSR count). The summed E-state index contributed by atoms with van der Waals surface area (Å²) in [4.78, 5) is 12.2. The molecule has 3 aromatic rings. The van der Waals surface area contributed by atoms with Gasteiger partial charge in [-0.2, -0.15) is 4.74 Å². The molecule has 0 fully saturated rings. The molecule has 0 radical (unpaired) electrons. The fraction of sp³-hybridized carbons (Fsp3) is 0.136. The lowest BCUT2D eigenvalue weighted by Gasteiger charge is -2.25. The molecule has 3 aromatic carbocycles. The van der Waals surface area contributed by atoms with Crippen molar-refractivity contribution < 1.29 is 9.53 Å². The number of rotatable bonds is 5. The molecule has 4 heteroatoms. The third-order valence-electron chi connectivity index (χ3n) is 4.36. The fourth-order valence-electron chi connectivity index (χ4n) is 3.04. The minimum Gasteiger partial charge on any atom is -0.451 e. The zero-order valence-electron chi connectivity index (χ0n) is 14.8. The largest absolute Gasteiger partial charge is 0.451 e. The van der Waals surface area contributed by atoms with Crippen molar-refractivity contribution in [3.8, 4) is 0 Å². The number of carbonyl (C=O) groups excluding carboxylic acids is 1. The third kappa shape index (κ3) is 4.12. The number of amides is 1. The van der Waals surface area contributed by atoms with Gasteiger partial charge in [0.1, 0.15) is 0 Å². The van der Waals surface area contributed by atoms with E-state index in [0.717, 1.165) is 23.2 Å². The summed E-state index contributed by atoms with van der Waals surface area (Å²) >= 11 is 0. The molecule has 3 nitrogen and oxygen atoms in total. The molecule has 0 saturated heterocycles. The number of aryl methyl sites for hydroxylation is 1. The standard InChI is InChI=1S/C22H22NO2P/c1-25-22(24)23-26(20-13-7-3-8-14-20,21-15-9-4-10-16-21)18-17-19-11-5-2-6-12-19/h2-16H,17-18H2,1H3. The van der Waals surface area contributed by atoms with Crippen LogP contribution in [0.3, 0.4) is 0 Å². The van der Waals surface area contributed by atoms with Crippen LogP contribution in [0.5, 0.6) is 0 Å². The Morgan fingerprint density at radius 1 is 0.808 bits per heavy atom. The van der Waals surface area contributed by atoms with Gasteiger partial charge in [0.2, 0.25) is 0 Å². The van der Waals surface area contributed by atoms with Crippen molar-refractivity contribution in [3.63, 3.8) is 0 Å². The molecule has 132 valence electrons. The number of hydrogen-bond donors (Lipinski definition) is 0. The van der Waals surface area contributed by atoms with Crippen LogP contribution in [-0.4, -0.2) is 19.4 Å². The first kappa shape index (κ1) is 18.2. The van der Waals surface area contributed by atoms with Crippen LogP contribution in [0, 0.1) is 0 Å². The van der Waals surface area contributed by atoms with E-state index in [4.69, 9.17) is 4.74 Å². The number of ether oxygens (including phenoxy) is 1. The molecule has 0 aliphatic heterocycles. The van der Waals surface area contributed by atoms with Gasteiger partial charge in [-0.1, -0.05) is 91.0 Å². The van der Waals surface area contributed by atoms with Crippen LogP contribution in [0.25, 0.3) is 0 Å².